The van der Waals surface area contributed by atoms with Crippen molar-refractivity contribution in [2.45, 2.75) is 25.4 Å². The molecule has 120 valence electrons. The summed E-state index contributed by atoms with van der Waals surface area (Å²) in [6.45, 7) is 2.10. The van der Waals surface area contributed by atoms with E-state index in [0.29, 0.717) is 6.54 Å². The summed E-state index contributed by atoms with van der Waals surface area (Å²) in [5.41, 5.74) is 1.78. The minimum Gasteiger partial charge on any atom is -0.341 e. The van der Waals surface area contributed by atoms with Crippen LogP contribution < -0.4 is 5.32 Å². The van der Waals surface area contributed by atoms with Crippen molar-refractivity contribution in [3.63, 3.8) is 0 Å². The third-order valence-electron chi connectivity index (χ3n) is 4.20. The molecular formula is C19H21FN2O. The highest BCUT2D eigenvalue weighted by atomic mass is 19.1. The quantitative estimate of drug-likeness (QED) is 0.919. The van der Waals surface area contributed by atoms with Crippen molar-refractivity contribution in [2.75, 3.05) is 13.1 Å². The van der Waals surface area contributed by atoms with E-state index in [1.165, 1.54) is 12.1 Å². The van der Waals surface area contributed by atoms with E-state index in [9.17, 15) is 9.18 Å². The molecule has 3 rings (SSSR count). The van der Waals surface area contributed by atoms with Crippen molar-refractivity contribution < 1.29 is 9.18 Å². The van der Waals surface area contributed by atoms with Gasteiger partial charge in [0, 0.05) is 19.6 Å². The molecule has 0 saturated carbocycles. The van der Waals surface area contributed by atoms with E-state index in [4.69, 9.17) is 0 Å². The molecule has 4 heteroatoms. The minimum absolute atomic E-state index is 0.102. The Balaban J connectivity index is 1.76. The Morgan fingerprint density at radius 2 is 1.83 bits per heavy atom. The molecule has 1 amide bonds. The summed E-state index contributed by atoms with van der Waals surface area (Å²) in [6, 6.07) is 15.8. The van der Waals surface area contributed by atoms with Gasteiger partial charge in [-0.3, -0.25) is 10.1 Å². The van der Waals surface area contributed by atoms with Gasteiger partial charge >= 0.3 is 0 Å². The number of halogens is 1. The average Bonchev–Trinajstić information content (AvgIpc) is 3.10. The molecule has 0 aliphatic carbocycles. The van der Waals surface area contributed by atoms with Gasteiger partial charge in [0.1, 0.15) is 11.9 Å². The Labute approximate surface area is 136 Å². The molecule has 1 aliphatic rings. The van der Waals surface area contributed by atoms with Gasteiger partial charge < -0.3 is 4.90 Å². The molecule has 0 bridgehead atoms. The molecule has 1 aliphatic heterocycles. The second kappa shape index (κ2) is 7.38. The van der Waals surface area contributed by atoms with Crippen molar-refractivity contribution in [2.24, 2.45) is 0 Å². The number of hydrogen-bond donors (Lipinski definition) is 1. The second-order valence-corrected chi connectivity index (χ2v) is 5.89. The van der Waals surface area contributed by atoms with E-state index in [0.717, 1.165) is 37.1 Å². The van der Waals surface area contributed by atoms with Crippen LogP contribution in [-0.2, 0) is 11.3 Å². The number of rotatable bonds is 5. The number of carbonyl (C=O) groups excluding carboxylic acids is 1. The summed E-state index contributed by atoms with van der Waals surface area (Å²) in [6.07, 6.45) is 2.13. The van der Waals surface area contributed by atoms with Crippen molar-refractivity contribution >= 4 is 5.91 Å². The van der Waals surface area contributed by atoms with Gasteiger partial charge in [-0.15, -0.1) is 0 Å². The lowest BCUT2D eigenvalue weighted by atomic mass is 10.0. The van der Waals surface area contributed by atoms with Crippen LogP contribution >= 0.6 is 0 Å². The minimum atomic E-state index is -0.391. The Morgan fingerprint density at radius 1 is 1.09 bits per heavy atom. The Hall–Kier alpha value is -2.20. The highest BCUT2D eigenvalue weighted by molar-refractivity contribution is 5.83. The van der Waals surface area contributed by atoms with Crippen LogP contribution in [0.2, 0.25) is 0 Å². The first kappa shape index (κ1) is 15.7. The molecule has 1 saturated heterocycles. The van der Waals surface area contributed by atoms with Crippen molar-refractivity contribution in [3.05, 3.63) is 71.5 Å². The zero-order chi connectivity index (χ0) is 16.1. The van der Waals surface area contributed by atoms with E-state index in [1.54, 1.807) is 6.07 Å². The normalized spacial score (nSPS) is 15.6. The summed E-state index contributed by atoms with van der Waals surface area (Å²) in [4.78, 5) is 14.7. The number of benzene rings is 2. The first-order valence-corrected chi connectivity index (χ1v) is 8.05. The van der Waals surface area contributed by atoms with Gasteiger partial charge in [0.25, 0.3) is 0 Å². The largest absolute Gasteiger partial charge is 0.341 e. The van der Waals surface area contributed by atoms with Crippen LogP contribution in [0, 0.1) is 5.82 Å². The van der Waals surface area contributed by atoms with E-state index in [-0.39, 0.29) is 11.7 Å². The first-order chi connectivity index (χ1) is 11.2. The maximum Gasteiger partial charge on any atom is 0.244 e. The number of hydrogen-bond acceptors (Lipinski definition) is 2. The fourth-order valence-corrected chi connectivity index (χ4v) is 2.98. The molecule has 1 unspecified atom stereocenters. The van der Waals surface area contributed by atoms with Gasteiger partial charge in [-0.2, -0.15) is 0 Å². The number of amides is 1. The smallest absolute Gasteiger partial charge is 0.244 e. The first-order valence-electron chi connectivity index (χ1n) is 8.05. The lowest BCUT2D eigenvalue weighted by molar-refractivity contribution is -0.132. The molecule has 0 radical (unpaired) electrons. The summed E-state index contributed by atoms with van der Waals surface area (Å²) in [7, 11) is 0. The van der Waals surface area contributed by atoms with Crippen molar-refractivity contribution in [1.29, 1.82) is 0 Å². The van der Waals surface area contributed by atoms with Gasteiger partial charge in [0.05, 0.1) is 0 Å². The highest BCUT2D eigenvalue weighted by Crippen LogP contribution is 2.20. The molecule has 3 nitrogen and oxygen atoms in total. The monoisotopic (exact) mass is 312 g/mol. The molecule has 1 fully saturated rings. The summed E-state index contributed by atoms with van der Waals surface area (Å²) < 4.78 is 13.3. The molecular weight excluding hydrogens is 291 g/mol. The van der Waals surface area contributed by atoms with Crippen LogP contribution in [0.15, 0.2) is 54.6 Å². The molecule has 0 spiro atoms. The standard InChI is InChI=1S/C19H21FN2O/c20-17-10-6-7-15(13-17)14-21-18(16-8-2-1-3-9-16)19(23)22-11-4-5-12-22/h1-3,6-10,13,18,21H,4-5,11-12,14H2. The van der Waals surface area contributed by atoms with Crippen LogP contribution in [0.4, 0.5) is 4.39 Å². The van der Waals surface area contributed by atoms with Crippen LogP contribution in [-0.4, -0.2) is 23.9 Å². The number of nitrogens with one attached hydrogen (secondary N) is 1. The molecule has 1 heterocycles. The van der Waals surface area contributed by atoms with Crippen molar-refractivity contribution in [1.82, 2.24) is 10.2 Å². The fourth-order valence-electron chi connectivity index (χ4n) is 2.98. The maximum absolute atomic E-state index is 13.3. The number of likely N-dealkylation sites (tertiary alicyclic amines) is 1. The lowest BCUT2D eigenvalue weighted by Crippen LogP contribution is -2.39. The molecule has 23 heavy (non-hydrogen) atoms. The average molecular weight is 312 g/mol. The maximum atomic E-state index is 13.3. The Kier molecular flexibility index (Phi) is 5.03. The highest BCUT2D eigenvalue weighted by Gasteiger charge is 2.27. The molecule has 2 aromatic carbocycles. The lowest BCUT2D eigenvalue weighted by Gasteiger charge is -2.24. The zero-order valence-corrected chi connectivity index (χ0v) is 13.0. The van der Waals surface area contributed by atoms with Crippen LogP contribution in [0.1, 0.15) is 30.0 Å². The fraction of sp³-hybridized carbons (Fsp3) is 0.316. The Bertz CT molecular complexity index is 653. The predicted molar refractivity (Wildman–Crippen MR) is 88.2 cm³/mol. The van der Waals surface area contributed by atoms with Gasteiger partial charge in [0.2, 0.25) is 5.91 Å². The number of carbonyl (C=O) groups is 1. The Morgan fingerprint density at radius 3 is 2.52 bits per heavy atom. The van der Waals surface area contributed by atoms with Gasteiger partial charge in [-0.1, -0.05) is 42.5 Å². The van der Waals surface area contributed by atoms with E-state index in [1.807, 2.05) is 41.3 Å². The predicted octanol–water partition coefficient (Wildman–Crippen LogP) is 3.28. The van der Waals surface area contributed by atoms with Crippen LogP contribution in [0.25, 0.3) is 0 Å². The van der Waals surface area contributed by atoms with Crippen LogP contribution in [0.5, 0.6) is 0 Å². The third-order valence-corrected chi connectivity index (χ3v) is 4.20. The topological polar surface area (TPSA) is 32.3 Å². The van der Waals surface area contributed by atoms with Crippen LogP contribution in [0.3, 0.4) is 0 Å². The van der Waals surface area contributed by atoms with Gasteiger partial charge in [-0.05, 0) is 36.1 Å². The zero-order valence-electron chi connectivity index (χ0n) is 13.0. The number of nitrogens with zero attached hydrogens (tertiary/aromatic N) is 1. The van der Waals surface area contributed by atoms with Gasteiger partial charge in [0.15, 0.2) is 0 Å². The van der Waals surface area contributed by atoms with Crippen molar-refractivity contribution in [3.8, 4) is 0 Å². The van der Waals surface area contributed by atoms with Gasteiger partial charge in [-0.25, -0.2) is 4.39 Å². The second-order valence-electron chi connectivity index (χ2n) is 5.89. The van der Waals surface area contributed by atoms with E-state index in [2.05, 4.69) is 5.32 Å². The van der Waals surface area contributed by atoms with E-state index < -0.39 is 6.04 Å². The molecule has 2 aromatic rings. The molecule has 0 aromatic heterocycles. The summed E-state index contributed by atoms with van der Waals surface area (Å²) in [5.74, 6) is -0.156. The SMILES string of the molecule is O=C(C(NCc1cccc(F)c1)c1ccccc1)N1CCCC1. The third kappa shape index (κ3) is 3.96. The molecule has 1 atom stereocenters. The molecule has 1 N–H and O–H groups in total. The summed E-state index contributed by atoms with van der Waals surface area (Å²) >= 11 is 0. The summed E-state index contributed by atoms with van der Waals surface area (Å²) in [5, 5.41) is 3.30. The van der Waals surface area contributed by atoms with E-state index >= 15 is 0 Å².